The molecule has 6 heteroatoms. The van der Waals surface area contributed by atoms with E-state index in [2.05, 4.69) is 5.32 Å². The van der Waals surface area contributed by atoms with Crippen LogP contribution >= 0.6 is 12.4 Å². The van der Waals surface area contributed by atoms with Gasteiger partial charge in [-0.25, -0.2) is 0 Å². The summed E-state index contributed by atoms with van der Waals surface area (Å²) in [6.45, 7) is 4.83. The van der Waals surface area contributed by atoms with E-state index >= 15 is 0 Å². The molecule has 0 radical (unpaired) electrons. The van der Waals surface area contributed by atoms with Crippen LogP contribution in [0.1, 0.15) is 37.0 Å². The normalized spacial score (nSPS) is 14.8. The Kier molecular flexibility index (Phi) is 5.75. The second-order valence-electron chi connectivity index (χ2n) is 5.87. The monoisotopic (exact) mass is 311 g/mol. The van der Waals surface area contributed by atoms with Crippen molar-refractivity contribution in [3.8, 4) is 0 Å². The van der Waals surface area contributed by atoms with E-state index in [1.807, 2.05) is 19.9 Å². The summed E-state index contributed by atoms with van der Waals surface area (Å²) in [6.07, 6.45) is 1.45. The van der Waals surface area contributed by atoms with Crippen molar-refractivity contribution in [2.75, 3.05) is 18.0 Å². The molecule has 1 saturated heterocycles. The molecule has 5 nitrogen and oxygen atoms in total. The van der Waals surface area contributed by atoms with E-state index in [0.29, 0.717) is 18.5 Å². The van der Waals surface area contributed by atoms with Gasteiger partial charge in [0.1, 0.15) is 0 Å². The molecule has 1 heterocycles. The van der Waals surface area contributed by atoms with Crippen molar-refractivity contribution < 1.29 is 9.59 Å². The number of nitrogens with one attached hydrogen (secondary N) is 1. The minimum absolute atomic E-state index is 0. The van der Waals surface area contributed by atoms with Crippen molar-refractivity contribution in [2.45, 2.75) is 32.2 Å². The molecule has 116 valence electrons. The summed E-state index contributed by atoms with van der Waals surface area (Å²) in [7, 11) is 0. The number of hydrogen-bond donors (Lipinski definition) is 2. The highest BCUT2D eigenvalue weighted by Crippen LogP contribution is 2.22. The molecule has 0 atom stereocenters. The van der Waals surface area contributed by atoms with Crippen molar-refractivity contribution in [1.29, 1.82) is 0 Å². The zero-order valence-electron chi connectivity index (χ0n) is 12.4. The molecular weight excluding hydrogens is 290 g/mol. The highest BCUT2D eigenvalue weighted by Gasteiger charge is 2.22. The Bertz CT molecular complexity index is 526. The maximum absolute atomic E-state index is 12.1. The quantitative estimate of drug-likeness (QED) is 0.888. The third-order valence-corrected chi connectivity index (χ3v) is 3.20. The number of benzene rings is 1. The number of hydrogen-bond acceptors (Lipinski definition) is 3. The summed E-state index contributed by atoms with van der Waals surface area (Å²) in [6, 6.07) is 7.14. The van der Waals surface area contributed by atoms with Crippen LogP contribution in [0, 0.1) is 0 Å². The van der Waals surface area contributed by atoms with Crippen molar-refractivity contribution in [3.05, 3.63) is 29.8 Å². The summed E-state index contributed by atoms with van der Waals surface area (Å²) < 4.78 is 0. The van der Waals surface area contributed by atoms with Gasteiger partial charge < -0.3 is 16.0 Å². The molecule has 21 heavy (non-hydrogen) atoms. The fraction of sp³-hybridized carbons (Fsp3) is 0.467. The highest BCUT2D eigenvalue weighted by atomic mass is 35.5. The van der Waals surface area contributed by atoms with Gasteiger partial charge in [0.25, 0.3) is 5.91 Å². The molecule has 0 aliphatic carbocycles. The zero-order chi connectivity index (χ0) is 14.8. The summed E-state index contributed by atoms with van der Waals surface area (Å²) in [5.41, 5.74) is 6.73. The third kappa shape index (κ3) is 4.72. The van der Waals surface area contributed by atoms with E-state index < -0.39 is 5.54 Å². The van der Waals surface area contributed by atoms with Gasteiger partial charge in [-0.2, -0.15) is 0 Å². The SMILES string of the molecule is CC(C)(N)CNC(=O)c1cccc(N2CCCC2=O)c1.Cl. The van der Waals surface area contributed by atoms with Crippen LogP contribution < -0.4 is 16.0 Å². The summed E-state index contributed by atoms with van der Waals surface area (Å²) in [5.74, 6) is -0.0531. The lowest BCUT2D eigenvalue weighted by molar-refractivity contribution is -0.117. The van der Waals surface area contributed by atoms with Gasteiger partial charge in [-0.3, -0.25) is 9.59 Å². The number of nitrogens with two attached hydrogens (primary N) is 1. The van der Waals surface area contributed by atoms with Gasteiger partial charge >= 0.3 is 0 Å². The first-order valence-electron chi connectivity index (χ1n) is 6.84. The van der Waals surface area contributed by atoms with E-state index in [0.717, 1.165) is 18.7 Å². The number of halogens is 1. The van der Waals surface area contributed by atoms with E-state index in [9.17, 15) is 9.59 Å². The maximum atomic E-state index is 12.1. The second kappa shape index (κ2) is 6.91. The maximum Gasteiger partial charge on any atom is 0.251 e. The Hall–Kier alpha value is -1.59. The number of anilines is 1. The zero-order valence-corrected chi connectivity index (χ0v) is 13.2. The van der Waals surface area contributed by atoms with Crippen molar-refractivity contribution in [1.82, 2.24) is 5.32 Å². The molecule has 1 aromatic rings. The first kappa shape index (κ1) is 17.5. The second-order valence-corrected chi connectivity index (χ2v) is 5.87. The molecular formula is C15H22ClN3O2. The number of nitrogens with zero attached hydrogens (tertiary/aromatic N) is 1. The van der Waals surface area contributed by atoms with E-state index in [1.54, 1.807) is 23.1 Å². The molecule has 1 fully saturated rings. The Balaban J connectivity index is 0.00000220. The van der Waals surface area contributed by atoms with Gasteiger partial charge in [0, 0.05) is 36.3 Å². The molecule has 2 rings (SSSR count). The van der Waals surface area contributed by atoms with Crippen LogP contribution in [0.25, 0.3) is 0 Å². The first-order chi connectivity index (χ1) is 9.37. The van der Waals surface area contributed by atoms with Crippen LogP contribution in [-0.2, 0) is 4.79 Å². The Morgan fingerprint density at radius 3 is 2.71 bits per heavy atom. The standard InChI is InChI=1S/C15H21N3O2.ClH/c1-15(2,16)10-17-14(20)11-5-3-6-12(9-11)18-8-4-7-13(18)19;/h3,5-6,9H,4,7-8,10,16H2,1-2H3,(H,17,20);1H. The predicted octanol–water partition coefficient (Wildman–Crippen LogP) is 1.70. The van der Waals surface area contributed by atoms with Gasteiger partial charge in [-0.1, -0.05) is 6.07 Å². The highest BCUT2D eigenvalue weighted by molar-refractivity contribution is 5.99. The van der Waals surface area contributed by atoms with Crippen LogP contribution in [-0.4, -0.2) is 30.4 Å². The number of rotatable bonds is 4. The van der Waals surface area contributed by atoms with Crippen molar-refractivity contribution in [3.63, 3.8) is 0 Å². The van der Waals surface area contributed by atoms with E-state index in [4.69, 9.17) is 5.73 Å². The number of amides is 2. The van der Waals surface area contributed by atoms with Crippen LogP contribution in [0.5, 0.6) is 0 Å². The van der Waals surface area contributed by atoms with Gasteiger partial charge in [0.05, 0.1) is 0 Å². The lowest BCUT2D eigenvalue weighted by Crippen LogP contribution is -2.45. The Labute approximate surface area is 131 Å². The smallest absolute Gasteiger partial charge is 0.251 e. The molecule has 0 aromatic heterocycles. The topological polar surface area (TPSA) is 75.4 Å². The number of carbonyl (C=O) groups is 2. The molecule has 1 aliphatic heterocycles. The molecule has 1 aromatic carbocycles. The Morgan fingerprint density at radius 1 is 1.43 bits per heavy atom. The van der Waals surface area contributed by atoms with Crippen LogP contribution in [0.15, 0.2) is 24.3 Å². The van der Waals surface area contributed by atoms with Crippen LogP contribution in [0.4, 0.5) is 5.69 Å². The molecule has 0 unspecified atom stereocenters. The van der Waals surface area contributed by atoms with Crippen molar-refractivity contribution in [2.24, 2.45) is 5.73 Å². The van der Waals surface area contributed by atoms with Crippen molar-refractivity contribution >= 4 is 29.9 Å². The van der Waals surface area contributed by atoms with Gasteiger partial charge in [0.15, 0.2) is 0 Å². The lowest BCUT2D eigenvalue weighted by atomic mass is 10.1. The summed E-state index contributed by atoms with van der Waals surface area (Å²) in [4.78, 5) is 25.5. The minimum atomic E-state index is -0.446. The van der Waals surface area contributed by atoms with E-state index in [1.165, 1.54) is 0 Å². The van der Waals surface area contributed by atoms with E-state index in [-0.39, 0.29) is 24.2 Å². The predicted molar refractivity (Wildman–Crippen MR) is 85.9 cm³/mol. The fourth-order valence-corrected chi connectivity index (χ4v) is 2.15. The third-order valence-electron chi connectivity index (χ3n) is 3.20. The molecule has 0 saturated carbocycles. The molecule has 2 amide bonds. The van der Waals surface area contributed by atoms with Crippen LogP contribution in [0.3, 0.4) is 0 Å². The molecule has 0 spiro atoms. The van der Waals surface area contributed by atoms with Gasteiger partial charge in [-0.15, -0.1) is 12.4 Å². The molecule has 3 N–H and O–H groups in total. The molecule has 1 aliphatic rings. The average molecular weight is 312 g/mol. The number of carbonyl (C=O) groups excluding carboxylic acids is 2. The van der Waals surface area contributed by atoms with Crippen LogP contribution in [0.2, 0.25) is 0 Å². The lowest BCUT2D eigenvalue weighted by Gasteiger charge is -2.20. The minimum Gasteiger partial charge on any atom is -0.350 e. The summed E-state index contributed by atoms with van der Waals surface area (Å²) >= 11 is 0. The average Bonchev–Trinajstić information content (AvgIpc) is 2.81. The fourth-order valence-electron chi connectivity index (χ4n) is 2.15. The first-order valence-corrected chi connectivity index (χ1v) is 6.84. The van der Waals surface area contributed by atoms with Gasteiger partial charge in [-0.05, 0) is 38.5 Å². The summed E-state index contributed by atoms with van der Waals surface area (Å²) in [5, 5.41) is 2.80. The van der Waals surface area contributed by atoms with Gasteiger partial charge in [0.2, 0.25) is 5.91 Å². The Morgan fingerprint density at radius 2 is 2.14 bits per heavy atom. The largest absolute Gasteiger partial charge is 0.350 e. The molecule has 0 bridgehead atoms.